The van der Waals surface area contributed by atoms with E-state index in [1.165, 1.54) is 25.0 Å². The van der Waals surface area contributed by atoms with Gasteiger partial charge in [-0.2, -0.15) is 5.10 Å². The minimum absolute atomic E-state index is 0.198. The second kappa shape index (κ2) is 5.50. The zero-order valence-corrected chi connectivity index (χ0v) is 12.1. The van der Waals surface area contributed by atoms with E-state index in [2.05, 4.69) is 40.3 Å². The van der Waals surface area contributed by atoms with Gasteiger partial charge in [0, 0.05) is 6.54 Å². The number of hydrogen-bond acceptors (Lipinski definition) is 3. The highest BCUT2D eigenvalue weighted by Gasteiger charge is 2.34. The number of nitrogens with zero attached hydrogens (tertiary/aromatic N) is 2. The molecule has 1 aliphatic carbocycles. The van der Waals surface area contributed by atoms with Crippen LogP contribution in [-0.4, -0.2) is 9.78 Å². The molecule has 0 bridgehead atoms. The lowest BCUT2D eigenvalue weighted by molar-refractivity contribution is 0.289. The summed E-state index contributed by atoms with van der Waals surface area (Å²) < 4.78 is 3.08. The Balaban J connectivity index is 2.31. The number of aryl methyl sites for hydroxylation is 1. The Hall–Kier alpha value is -0.390. The predicted molar refractivity (Wildman–Crippen MR) is 72.2 cm³/mol. The van der Waals surface area contributed by atoms with Crippen LogP contribution in [0.25, 0.3) is 0 Å². The molecule has 1 saturated carbocycles. The maximum Gasteiger partial charge on any atom is 0.0711 e. The van der Waals surface area contributed by atoms with Gasteiger partial charge >= 0.3 is 0 Å². The maximum atomic E-state index is 5.79. The molecule has 5 heteroatoms. The van der Waals surface area contributed by atoms with Crippen molar-refractivity contribution in [1.29, 1.82) is 0 Å². The Bertz CT molecular complexity index is 377. The summed E-state index contributed by atoms with van der Waals surface area (Å²) in [6.07, 6.45) is 5.72. The molecule has 0 aromatic carbocycles. The van der Waals surface area contributed by atoms with Crippen LogP contribution in [-0.2, 0) is 6.54 Å². The standard InChI is InChI=1S/C12H21BrN4/c1-3-17-12(10(13)7-15-17)11(16-14)9-6-4-5-8(9)2/h7-9,11,16H,3-6,14H2,1-2H3. The van der Waals surface area contributed by atoms with Crippen molar-refractivity contribution in [2.45, 2.75) is 45.7 Å². The highest BCUT2D eigenvalue weighted by atomic mass is 79.9. The fraction of sp³-hybridized carbons (Fsp3) is 0.750. The molecule has 0 aliphatic heterocycles. The van der Waals surface area contributed by atoms with Gasteiger partial charge in [0.25, 0.3) is 0 Å². The Morgan fingerprint density at radius 1 is 1.65 bits per heavy atom. The van der Waals surface area contributed by atoms with Gasteiger partial charge < -0.3 is 0 Å². The van der Waals surface area contributed by atoms with E-state index in [0.717, 1.165) is 16.9 Å². The van der Waals surface area contributed by atoms with Crippen LogP contribution >= 0.6 is 15.9 Å². The van der Waals surface area contributed by atoms with E-state index in [-0.39, 0.29) is 6.04 Å². The monoisotopic (exact) mass is 300 g/mol. The number of hydrazine groups is 1. The van der Waals surface area contributed by atoms with Gasteiger partial charge in [0.1, 0.15) is 0 Å². The van der Waals surface area contributed by atoms with Crippen LogP contribution in [0.5, 0.6) is 0 Å². The lowest BCUT2D eigenvalue weighted by Crippen LogP contribution is -2.36. The first-order valence-electron chi connectivity index (χ1n) is 6.36. The Morgan fingerprint density at radius 3 is 2.94 bits per heavy atom. The number of rotatable bonds is 4. The van der Waals surface area contributed by atoms with Crippen molar-refractivity contribution >= 4 is 15.9 Å². The van der Waals surface area contributed by atoms with Gasteiger partial charge in [-0.05, 0) is 41.1 Å². The molecule has 1 aliphatic rings. The van der Waals surface area contributed by atoms with Crippen molar-refractivity contribution in [1.82, 2.24) is 15.2 Å². The van der Waals surface area contributed by atoms with Crippen molar-refractivity contribution in [3.05, 3.63) is 16.4 Å². The van der Waals surface area contributed by atoms with E-state index < -0.39 is 0 Å². The molecule has 3 atom stereocenters. The SMILES string of the molecule is CCn1ncc(Br)c1C(NN)C1CCCC1C. The molecule has 1 aromatic heterocycles. The van der Waals surface area contributed by atoms with Gasteiger partial charge in [-0.25, -0.2) is 0 Å². The minimum Gasteiger partial charge on any atom is -0.271 e. The summed E-state index contributed by atoms with van der Waals surface area (Å²) in [5, 5.41) is 4.37. The molecule has 0 radical (unpaired) electrons. The fourth-order valence-electron chi connectivity index (χ4n) is 3.01. The summed E-state index contributed by atoms with van der Waals surface area (Å²) >= 11 is 3.59. The van der Waals surface area contributed by atoms with Crippen LogP contribution in [0.15, 0.2) is 10.7 Å². The lowest BCUT2D eigenvalue weighted by atomic mass is 9.88. The summed E-state index contributed by atoms with van der Waals surface area (Å²) in [7, 11) is 0. The largest absolute Gasteiger partial charge is 0.271 e. The van der Waals surface area contributed by atoms with Crippen molar-refractivity contribution < 1.29 is 0 Å². The summed E-state index contributed by atoms with van der Waals surface area (Å²) in [5.74, 6) is 7.12. The third-order valence-corrected chi connectivity index (χ3v) is 4.57. The fourth-order valence-corrected chi connectivity index (χ4v) is 3.55. The number of aromatic nitrogens is 2. The van der Waals surface area contributed by atoms with Gasteiger partial charge in [0.2, 0.25) is 0 Å². The number of hydrogen-bond donors (Lipinski definition) is 2. The van der Waals surface area contributed by atoms with E-state index in [0.29, 0.717) is 5.92 Å². The highest BCUT2D eigenvalue weighted by molar-refractivity contribution is 9.10. The third kappa shape index (κ3) is 2.41. The Labute approximate surface area is 111 Å². The van der Waals surface area contributed by atoms with Gasteiger partial charge in [-0.1, -0.05) is 19.8 Å². The summed E-state index contributed by atoms with van der Waals surface area (Å²) in [4.78, 5) is 0. The Morgan fingerprint density at radius 2 is 2.41 bits per heavy atom. The van der Waals surface area contributed by atoms with E-state index in [1.807, 2.05) is 10.9 Å². The van der Waals surface area contributed by atoms with E-state index in [9.17, 15) is 0 Å². The van der Waals surface area contributed by atoms with E-state index >= 15 is 0 Å². The molecule has 1 heterocycles. The van der Waals surface area contributed by atoms with Crippen molar-refractivity contribution in [3.63, 3.8) is 0 Å². The van der Waals surface area contributed by atoms with Crippen LogP contribution < -0.4 is 11.3 Å². The van der Waals surface area contributed by atoms with Gasteiger partial charge in [-0.15, -0.1) is 0 Å². The van der Waals surface area contributed by atoms with E-state index in [1.54, 1.807) is 0 Å². The van der Waals surface area contributed by atoms with Crippen LogP contribution in [0, 0.1) is 11.8 Å². The number of nitrogens with one attached hydrogen (secondary N) is 1. The molecule has 3 N–H and O–H groups in total. The molecular formula is C12H21BrN4. The average Bonchev–Trinajstić information content (AvgIpc) is 2.89. The molecule has 0 saturated heterocycles. The molecule has 2 rings (SSSR count). The molecule has 3 unspecified atom stereocenters. The van der Waals surface area contributed by atoms with Crippen LogP contribution in [0.3, 0.4) is 0 Å². The first-order chi connectivity index (χ1) is 8.19. The highest BCUT2D eigenvalue weighted by Crippen LogP contribution is 2.41. The van der Waals surface area contributed by atoms with Gasteiger partial charge in [0.05, 0.1) is 22.4 Å². The van der Waals surface area contributed by atoms with Crippen molar-refractivity contribution in [2.75, 3.05) is 0 Å². The zero-order chi connectivity index (χ0) is 12.4. The first-order valence-corrected chi connectivity index (χ1v) is 7.15. The molecule has 1 aromatic rings. The maximum absolute atomic E-state index is 5.79. The summed E-state index contributed by atoms with van der Waals surface area (Å²) in [5.41, 5.74) is 4.19. The Kier molecular flexibility index (Phi) is 4.22. The minimum atomic E-state index is 0.198. The molecule has 0 amide bonds. The molecule has 4 nitrogen and oxygen atoms in total. The van der Waals surface area contributed by atoms with Gasteiger partial charge in [0.15, 0.2) is 0 Å². The molecule has 17 heavy (non-hydrogen) atoms. The zero-order valence-electron chi connectivity index (χ0n) is 10.5. The molecule has 96 valence electrons. The predicted octanol–water partition coefficient (Wildman–Crippen LogP) is 2.61. The van der Waals surface area contributed by atoms with Crippen LogP contribution in [0.1, 0.15) is 44.8 Å². The number of nitrogens with two attached hydrogens (primary N) is 1. The normalized spacial score (nSPS) is 26.4. The van der Waals surface area contributed by atoms with Crippen molar-refractivity contribution in [2.24, 2.45) is 17.7 Å². The summed E-state index contributed by atoms with van der Waals surface area (Å²) in [6.45, 7) is 5.30. The van der Waals surface area contributed by atoms with Crippen LogP contribution in [0.2, 0.25) is 0 Å². The first kappa shape index (κ1) is 13.1. The topological polar surface area (TPSA) is 55.9 Å². The second-order valence-electron chi connectivity index (χ2n) is 4.91. The van der Waals surface area contributed by atoms with Gasteiger partial charge in [-0.3, -0.25) is 16.0 Å². The van der Waals surface area contributed by atoms with Crippen molar-refractivity contribution in [3.8, 4) is 0 Å². The average molecular weight is 301 g/mol. The van der Waals surface area contributed by atoms with E-state index in [4.69, 9.17) is 5.84 Å². The quantitative estimate of drug-likeness (QED) is 0.664. The second-order valence-corrected chi connectivity index (χ2v) is 5.76. The lowest BCUT2D eigenvalue weighted by Gasteiger charge is -2.27. The number of halogens is 1. The third-order valence-electron chi connectivity index (χ3n) is 3.96. The molecule has 0 spiro atoms. The summed E-state index contributed by atoms with van der Waals surface area (Å²) in [6, 6.07) is 0.198. The molecular weight excluding hydrogens is 280 g/mol. The smallest absolute Gasteiger partial charge is 0.0711 e. The van der Waals surface area contributed by atoms with Crippen LogP contribution in [0.4, 0.5) is 0 Å². The molecule has 1 fully saturated rings.